The Balaban J connectivity index is 1.05. The molecule has 2 bridgehead atoms. The third-order valence-corrected chi connectivity index (χ3v) is 11.1. The van der Waals surface area contributed by atoms with Gasteiger partial charge in [0.15, 0.2) is 6.73 Å². The fraction of sp³-hybridized carbons (Fsp3) is 0.429. The Morgan fingerprint density at radius 2 is 1.72 bits per heavy atom. The molecule has 5 heterocycles. The van der Waals surface area contributed by atoms with Crippen LogP contribution in [0.25, 0.3) is 11.1 Å². The van der Waals surface area contributed by atoms with E-state index < -0.39 is 11.8 Å². The number of carboxylic acid groups (broad SMARTS) is 1. The largest absolute Gasteiger partial charge is 0.478 e. The van der Waals surface area contributed by atoms with E-state index in [1.165, 1.54) is 11.3 Å². The summed E-state index contributed by atoms with van der Waals surface area (Å²) in [6.07, 6.45) is 2.95. The lowest BCUT2D eigenvalue weighted by Crippen LogP contribution is -2.57. The van der Waals surface area contributed by atoms with Gasteiger partial charge in [0.25, 0.3) is 5.91 Å². The van der Waals surface area contributed by atoms with Crippen LogP contribution in [0.1, 0.15) is 45.5 Å². The Hall–Kier alpha value is -3.57. The van der Waals surface area contributed by atoms with E-state index in [2.05, 4.69) is 21.7 Å². The van der Waals surface area contributed by atoms with Crippen molar-refractivity contribution in [3.63, 3.8) is 0 Å². The Labute approximate surface area is 282 Å². The first-order chi connectivity index (χ1) is 22.6. The summed E-state index contributed by atoms with van der Waals surface area (Å²) in [7, 11) is 2.15. The van der Waals surface area contributed by atoms with Crippen molar-refractivity contribution >= 4 is 46.5 Å². The molecule has 0 aliphatic carbocycles. The van der Waals surface area contributed by atoms with Gasteiger partial charge in [0.1, 0.15) is 11.6 Å². The Bertz CT molecular complexity index is 1760. The van der Waals surface area contributed by atoms with E-state index in [1.807, 2.05) is 18.2 Å². The van der Waals surface area contributed by atoms with Crippen molar-refractivity contribution in [3.05, 3.63) is 75.0 Å². The molecule has 5 aliphatic heterocycles. The molecular formula is C35H35Cl2FN4O5. The summed E-state index contributed by atoms with van der Waals surface area (Å²) in [6.45, 7) is 5.18. The van der Waals surface area contributed by atoms with Crippen LogP contribution in [0.3, 0.4) is 0 Å². The van der Waals surface area contributed by atoms with Gasteiger partial charge in [0.05, 0.1) is 58.7 Å². The van der Waals surface area contributed by atoms with Crippen LogP contribution in [0.5, 0.6) is 5.75 Å². The molecule has 9 nitrogen and oxygen atoms in total. The lowest BCUT2D eigenvalue weighted by molar-refractivity contribution is 0.0516. The van der Waals surface area contributed by atoms with Crippen molar-refractivity contribution in [2.24, 2.45) is 5.41 Å². The van der Waals surface area contributed by atoms with Crippen molar-refractivity contribution < 1.29 is 28.6 Å². The smallest absolute Gasteiger partial charge is 0.337 e. The maximum absolute atomic E-state index is 15.7. The number of para-hydroxylation sites is 1. The van der Waals surface area contributed by atoms with Gasteiger partial charge < -0.3 is 34.2 Å². The second-order valence-electron chi connectivity index (χ2n) is 13.7. The summed E-state index contributed by atoms with van der Waals surface area (Å²) in [4.78, 5) is 34.2. The molecule has 5 aliphatic rings. The number of nitrogens with zero attached hydrogens (tertiary/aromatic N) is 4. The minimum Gasteiger partial charge on any atom is -0.478 e. The number of halogens is 3. The lowest BCUT2D eigenvalue weighted by Gasteiger charge is -2.49. The van der Waals surface area contributed by atoms with Gasteiger partial charge >= 0.3 is 5.97 Å². The van der Waals surface area contributed by atoms with Crippen molar-refractivity contribution in [2.75, 3.05) is 63.0 Å². The van der Waals surface area contributed by atoms with Gasteiger partial charge in [-0.1, -0.05) is 41.4 Å². The number of benzene rings is 3. The zero-order chi connectivity index (χ0) is 32.6. The number of carboxylic acids is 1. The maximum Gasteiger partial charge on any atom is 0.337 e. The van der Waals surface area contributed by atoms with E-state index in [0.29, 0.717) is 41.2 Å². The maximum atomic E-state index is 15.7. The summed E-state index contributed by atoms with van der Waals surface area (Å²) in [5, 5.41) is 10.5. The number of likely N-dealkylation sites (tertiary alicyclic amines) is 1. The summed E-state index contributed by atoms with van der Waals surface area (Å²) >= 11 is 13.4. The quantitative estimate of drug-likeness (QED) is 0.351. The van der Waals surface area contributed by atoms with Gasteiger partial charge in [-0.2, -0.15) is 0 Å². The highest BCUT2D eigenvalue weighted by Crippen LogP contribution is 2.45. The number of hydrogen-bond acceptors (Lipinski definition) is 7. The number of amides is 1. The predicted octanol–water partition coefficient (Wildman–Crippen LogP) is 6.00. The number of anilines is 2. The molecule has 2 unspecified atom stereocenters. The van der Waals surface area contributed by atoms with Crippen LogP contribution in [-0.2, 0) is 11.3 Å². The van der Waals surface area contributed by atoms with Gasteiger partial charge in [0, 0.05) is 47.4 Å². The van der Waals surface area contributed by atoms with E-state index in [9.17, 15) is 14.7 Å². The number of rotatable bonds is 5. The minimum absolute atomic E-state index is 0.0373. The van der Waals surface area contributed by atoms with Gasteiger partial charge in [-0.25, -0.2) is 9.18 Å². The summed E-state index contributed by atoms with van der Waals surface area (Å²) in [5.41, 5.74) is 3.26. The van der Waals surface area contributed by atoms with Crippen LogP contribution < -0.4 is 14.5 Å². The summed E-state index contributed by atoms with van der Waals surface area (Å²) < 4.78 is 27.6. The molecule has 8 rings (SSSR count). The third kappa shape index (κ3) is 5.21. The van der Waals surface area contributed by atoms with Crippen LogP contribution in [0, 0.1) is 11.2 Å². The zero-order valence-electron chi connectivity index (χ0n) is 26.0. The van der Waals surface area contributed by atoms with Crippen LogP contribution in [0.2, 0.25) is 10.0 Å². The first kappa shape index (κ1) is 30.7. The van der Waals surface area contributed by atoms with Crippen molar-refractivity contribution in [1.29, 1.82) is 0 Å². The van der Waals surface area contributed by atoms with E-state index >= 15 is 4.39 Å². The Morgan fingerprint density at radius 1 is 1.00 bits per heavy atom. The number of fused-ring (bicyclic) bond motifs is 3. The first-order valence-corrected chi connectivity index (χ1v) is 16.8. The fourth-order valence-corrected chi connectivity index (χ4v) is 8.90. The average Bonchev–Trinajstić information content (AvgIpc) is 3.54. The molecule has 1 N–H and O–H groups in total. The SMILES string of the molecule is CN1CCC2(C1)CN(c1cc(Cl)c(C(=O)N3COc4c(cccc4-c4cc(N5C6CCC5COC6)c(C(=O)O)cc4F)C3)c(Cl)c1)C2. The fourth-order valence-electron chi connectivity index (χ4n) is 8.26. The highest BCUT2D eigenvalue weighted by molar-refractivity contribution is 6.40. The molecule has 246 valence electrons. The highest BCUT2D eigenvalue weighted by Gasteiger charge is 2.47. The molecule has 4 fully saturated rings. The molecule has 3 aromatic carbocycles. The molecule has 0 radical (unpaired) electrons. The number of carbonyl (C=O) groups excluding carboxylic acids is 1. The molecule has 4 saturated heterocycles. The third-order valence-electron chi connectivity index (χ3n) is 10.5. The molecule has 12 heteroatoms. The van der Waals surface area contributed by atoms with Crippen LogP contribution in [0.4, 0.5) is 15.8 Å². The monoisotopic (exact) mass is 680 g/mol. The number of carbonyl (C=O) groups is 2. The van der Waals surface area contributed by atoms with Gasteiger partial charge in [-0.15, -0.1) is 0 Å². The molecular weight excluding hydrogens is 646 g/mol. The molecule has 1 amide bonds. The Kier molecular flexibility index (Phi) is 7.55. The number of hydrogen-bond donors (Lipinski definition) is 1. The van der Waals surface area contributed by atoms with Gasteiger partial charge in [-0.3, -0.25) is 4.79 Å². The van der Waals surface area contributed by atoms with Crippen molar-refractivity contribution in [1.82, 2.24) is 9.80 Å². The minimum atomic E-state index is -1.18. The molecule has 1 spiro atoms. The van der Waals surface area contributed by atoms with Gasteiger partial charge in [-0.05, 0) is 57.1 Å². The van der Waals surface area contributed by atoms with Crippen LogP contribution in [-0.4, -0.2) is 92.0 Å². The summed E-state index contributed by atoms with van der Waals surface area (Å²) in [5.74, 6) is -1.75. The first-order valence-electron chi connectivity index (χ1n) is 16.0. The lowest BCUT2D eigenvalue weighted by atomic mass is 9.78. The van der Waals surface area contributed by atoms with E-state index in [-0.39, 0.29) is 58.0 Å². The second kappa shape index (κ2) is 11.5. The number of morpholine rings is 1. The normalized spacial score (nSPS) is 23.1. The predicted molar refractivity (Wildman–Crippen MR) is 177 cm³/mol. The molecule has 0 saturated carbocycles. The topological polar surface area (TPSA) is 85.8 Å². The standard InChI is InChI=1S/C35H35Cl2FN4O5/c1-39-8-7-35(16-39)17-41(18-35)23-9-27(36)31(28(37)10-23)33(43)40-13-20-3-2-4-24(32(20)47-19-40)25-12-30(26(34(44)45)11-29(25)38)42-21-5-6-22(42)15-46-14-21/h2-4,9-12,21-22H,5-8,13-19H2,1H3,(H,44,45). The van der Waals surface area contributed by atoms with Crippen LogP contribution >= 0.6 is 23.2 Å². The molecule has 2 atom stereocenters. The molecule has 3 aromatic rings. The van der Waals surface area contributed by atoms with Crippen molar-refractivity contribution in [2.45, 2.75) is 37.9 Å². The average molecular weight is 682 g/mol. The van der Waals surface area contributed by atoms with Crippen molar-refractivity contribution in [3.8, 4) is 16.9 Å². The van der Waals surface area contributed by atoms with E-state index in [4.69, 9.17) is 32.7 Å². The molecule has 47 heavy (non-hydrogen) atoms. The summed E-state index contributed by atoms with van der Waals surface area (Å²) in [6, 6.07) is 11.8. The number of ether oxygens (including phenoxy) is 2. The van der Waals surface area contributed by atoms with E-state index in [0.717, 1.165) is 50.8 Å². The van der Waals surface area contributed by atoms with Gasteiger partial charge in [0.2, 0.25) is 0 Å². The number of aromatic carboxylic acids is 1. The van der Waals surface area contributed by atoms with E-state index in [1.54, 1.807) is 18.2 Å². The second-order valence-corrected chi connectivity index (χ2v) is 14.5. The highest BCUT2D eigenvalue weighted by atomic mass is 35.5. The van der Waals surface area contributed by atoms with Crippen LogP contribution in [0.15, 0.2) is 42.5 Å². The Morgan fingerprint density at radius 3 is 2.38 bits per heavy atom. The molecule has 0 aromatic heterocycles. The zero-order valence-corrected chi connectivity index (χ0v) is 27.5.